The first-order valence-electron chi connectivity index (χ1n) is 7.59. The molecule has 2 rings (SSSR count). The van der Waals surface area contributed by atoms with Gasteiger partial charge in [0.1, 0.15) is 0 Å². The first-order valence-corrected chi connectivity index (χ1v) is 7.59. The van der Waals surface area contributed by atoms with Gasteiger partial charge in [0.25, 0.3) is 0 Å². The van der Waals surface area contributed by atoms with E-state index in [-0.39, 0.29) is 12.5 Å². The summed E-state index contributed by atoms with van der Waals surface area (Å²) in [5.74, 6) is 0.0427. The van der Waals surface area contributed by atoms with Gasteiger partial charge in [0, 0.05) is 13.1 Å². The van der Waals surface area contributed by atoms with Crippen molar-refractivity contribution in [3.8, 4) is 0 Å². The normalized spacial score (nSPS) is 10.5. The van der Waals surface area contributed by atoms with Gasteiger partial charge in [-0.15, -0.1) is 0 Å². The van der Waals surface area contributed by atoms with Gasteiger partial charge < -0.3 is 10.0 Å². The number of hydrogen-bond acceptors (Lipinski definition) is 2. The maximum atomic E-state index is 12.5. The predicted octanol–water partition coefficient (Wildman–Crippen LogP) is 2.87. The van der Waals surface area contributed by atoms with Crippen molar-refractivity contribution in [2.45, 2.75) is 26.8 Å². The van der Waals surface area contributed by atoms with E-state index >= 15 is 0 Å². The van der Waals surface area contributed by atoms with Crippen LogP contribution in [0.25, 0.3) is 0 Å². The molecule has 1 amide bonds. The fraction of sp³-hybridized carbons (Fsp3) is 0.316. The van der Waals surface area contributed by atoms with Crippen molar-refractivity contribution < 1.29 is 9.90 Å². The number of benzene rings is 2. The van der Waals surface area contributed by atoms with E-state index in [9.17, 15) is 9.90 Å². The third kappa shape index (κ3) is 4.43. The number of nitrogens with zero attached hydrogens (tertiary/aromatic N) is 1. The molecule has 0 aliphatic carbocycles. The number of hydrogen-bond donors (Lipinski definition) is 1. The molecule has 2 aromatic rings. The topological polar surface area (TPSA) is 40.5 Å². The molecule has 2 aromatic carbocycles. The lowest BCUT2D eigenvalue weighted by atomic mass is 10.1. The van der Waals surface area contributed by atoms with E-state index in [1.165, 1.54) is 5.56 Å². The average molecular weight is 297 g/mol. The Morgan fingerprint density at radius 3 is 2.36 bits per heavy atom. The number of rotatable bonds is 6. The zero-order valence-electron chi connectivity index (χ0n) is 13.2. The zero-order chi connectivity index (χ0) is 15.9. The Labute approximate surface area is 132 Å². The Kier molecular flexibility index (Phi) is 5.73. The summed E-state index contributed by atoms with van der Waals surface area (Å²) in [5, 5.41) is 9.24. The van der Waals surface area contributed by atoms with Crippen molar-refractivity contribution in [2.75, 3.05) is 13.2 Å². The van der Waals surface area contributed by atoms with E-state index in [1.54, 1.807) is 4.90 Å². The standard InChI is InChI=1S/C19H23NO2/c1-15-7-9-17(10-8-15)13-19(22)20(11-12-21)14-18-6-4-3-5-16(18)2/h3-10,21H,11-14H2,1-2H3. The molecule has 1 N–H and O–H groups in total. The SMILES string of the molecule is Cc1ccc(CC(=O)N(CCO)Cc2ccccc2C)cc1. The highest BCUT2D eigenvalue weighted by molar-refractivity contribution is 5.78. The second-order valence-electron chi connectivity index (χ2n) is 5.63. The predicted molar refractivity (Wildman–Crippen MR) is 88.6 cm³/mol. The molecule has 0 aliphatic heterocycles. The van der Waals surface area contributed by atoms with Crippen LogP contribution in [0.5, 0.6) is 0 Å². The summed E-state index contributed by atoms with van der Waals surface area (Å²) in [5.41, 5.74) is 4.47. The van der Waals surface area contributed by atoms with E-state index in [2.05, 4.69) is 0 Å². The molecule has 0 atom stereocenters. The summed E-state index contributed by atoms with van der Waals surface area (Å²) in [6.07, 6.45) is 0.367. The minimum absolute atomic E-state index is 0.0223. The highest BCUT2D eigenvalue weighted by Crippen LogP contribution is 2.12. The van der Waals surface area contributed by atoms with Crippen molar-refractivity contribution in [3.63, 3.8) is 0 Å². The van der Waals surface area contributed by atoms with Crippen LogP contribution in [0, 0.1) is 13.8 Å². The summed E-state index contributed by atoms with van der Waals surface area (Å²) in [7, 11) is 0. The van der Waals surface area contributed by atoms with Crippen LogP contribution in [-0.2, 0) is 17.8 Å². The monoisotopic (exact) mass is 297 g/mol. The Morgan fingerprint density at radius 1 is 1.05 bits per heavy atom. The summed E-state index contributed by atoms with van der Waals surface area (Å²) in [4.78, 5) is 14.2. The highest BCUT2D eigenvalue weighted by Gasteiger charge is 2.15. The van der Waals surface area contributed by atoms with Crippen LogP contribution in [0.15, 0.2) is 48.5 Å². The first-order chi connectivity index (χ1) is 10.6. The molecule has 0 heterocycles. The molecule has 116 valence electrons. The second-order valence-corrected chi connectivity index (χ2v) is 5.63. The molecular formula is C19H23NO2. The van der Waals surface area contributed by atoms with Gasteiger partial charge in [-0.2, -0.15) is 0 Å². The number of aryl methyl sites for hydroxylation is 2. The van der Waals surface area contributed by atoms with E-state index in [0.717, 1.165) is 16.7 Å². The maximum absolute atomic E-state index is 12.5. The van der Waals surface area contributed by atoms with Gasteiger partial charge in [0.2, 0.25) is 5.91 Å². The lowest BCUT2D eigenvalue weighted by Crippen LogP contribution is -2.34. The van der Waals surface area contributed by atoms with Gasteiger partial charge in [-0.05, 0) is 30.5 Å². The summed E-state index contributed by atoms with van der Waals surface area (Å²) in [6.45, 7) is 4.95. The quantitative estimate of drug-likeness (QED) is 0.890. The maximum Gasteiger partial charge on any atom is 0.227 e. The van der Waals surface area contributed by atoms with Crippen LogP contribution in [0.4, 0.5) is 0 Å². The summed E-state index contributed by atoms with van der Waals surface area (Å²) < 4.78 is 0. The lowest BCUT2D eigenvalue weighted by molar-refractivity contribution is -0.131. The number of aliphatic hydroxyl groups is 1. The molecule has 0 aliphatic rings. The number of carbonyl (C=O) groups excluding carboxylic acids is 1. The Bertz CT molecular complexity index is 620. The van der Waals surface area contributed by atoms with Crippen LogP contribution in [0.3, 0.4) is 0 Å². The first kappa shape index (κ1) is 16.2. The molecule has 0 unspecified atom stereocenters. The van der Waals surface area contributed by atoms with Gasteiger partial charge in [0.05, 0.1) is 13.0 Å². The van der Waals surface area contributed by atoms with E-state index in [0.29, 0.717) is 19.5 Å². The third-order valence-electron chi connectivity index (χ3n) is 3.82. The van der Waals surface area contributed by atoms with Crippen molar-refractivity contribution in [1.82, 2.24) is 4.90 Å². The van der Waals surface area contributed by atoms with E-state index in [4.69, 9.17) is 0 Å². The Balaban J connectivity index is 2.08. The smallest absolute Gasteiger partial charge is 0.227 e. The van der Waals surface area contributed by atoms with Crippen molar-refractivity contribution in [1.29, 1.82) is 0 Å². The molecule has 0 saturated heterocycles. The van der Waals surface area contributed by atoms with Crippen LogP contribution in [-0.4, -0.2) is 29.1 Å². The van der Waals surface area contributed by atoms with Gasteiger partial charge >= 0.3 is 0 Å². The fourth-order valence-electron chi connectivity index (χ4n) is 2.40. The van der Waals surface area contributed by atoms with Gasteiger partial charge in [0.15, 0.2) is 0 Å². The average Bonchev–Trinajstić information content (AvgIpc) is 2.51. The second kappa shape index (κ2) is 7.76. The van der Waals surface area contributed by atoms with E-state index < -0.39 is 0 Å². The zero-order valence-corrected chi connectivity index (χ0v) is 13.2. The molecule has 0 fully saturated rings. The molecule has 0 saturated carbocycles. The number of carbonyl (C=O) groups is 1. The molecular weight excluding hydrogens is 274 g/mol. The van der Waals surface area contributed by atoms with Crippen LogP contribution in [0.2, 0.25) is 0 Å². The van der Waals surface area contributed by atoms with Crippen molar-refractivity contribution >= 4 is 5.91 Å². The molecule has 22 heavy (non-hydrogen) atoms. The molecule has 3 heteroatoms. The van der Waals surface area contributed by atoms with Gasteiger partial charge in [-0.1, -0.05) is 54.1 Å². The van der Waals surface area contributed by atoms with Crippen LogP contribution >= 0.6 is 0 Å². The fourth-order valence-corrected chi connectivity index (χ4v) is 2.40. The number of aliphatic hydroxyl groups excluding tert-OH is 1. The lowest BCUT2D eigenvalue weighted by Gasteiger charge is -2.23. The molecule has 0 radical (unpaired) electrons. The largest absolute Gasteiger partial charge is 0.395 e. The molecule has 0 spiro atoms. The van der Waals surface area contributed by atoms with Gasteiger partial charge in [-0.3, -0.25) is 4.79 Å². The van der Waals surface area contributed by atoms with Crippen LogP contribution < -0.4 is 0 Å². The molecule has 3 nitrogen and oxygen atoms in total. The Hall–Kier alpha value is -2.13. The van der Waals surface area contributed by atoms with Crippen LogP contribution in [0.1, 0.15) is 22.3 Å². The van der Waals surface area contributed by atoms with Crippen molar-refractivity contribution in [3.05, 3.63) is 70.8 Å². The van der Waals surface area contributed by atoms with Gasteiger partial charge in [-0.25, -0.2) is 0 Å². The third-order valence-corrected chi connectivity index (χ3v) is 3.82. The molecule has 0 bridgehead atoms. The number of amides is 1. The highest BCUT2D eigenvalue weighted by atomic mass is 16.3. The molecule has 0 aromatic heterocycles. The summed E-state index contributed by atoms with van der Waals surface area (Å²) >= 11 is 0. The van der Waals surface area contributed by atoms with Crippen molar-refractivity contribution in [2.24, 2.45) is 0 Å². The van der Waals surface area contributed by atoms with E-state index in [1.807, 2.05) is 62.4 Å². The Morgan fingerprint density at radius 2 is 1.73 bits per heavy atom. The summed E-state index contributed by atoms with van der Waals surface area (Å²) in [6, 6.07) is 16.0. The minimum atomic E-state index is -0.0223. The minimum Gasteiger partial charge on any atom is -0.395 e.